The van der Waals surface area contributed by atoms with Crippen LogP contribution in [0.5, 0.6) is 0 Å². The Kier molecular flexibility index (Phi) is 7.95. The summed E-state index contributed by atoms with van der Waals surface area (Å²) >= 11 is 2.88. The summed E-state index contributed by atoms with van der Waals surface area (Å²) in [5.41, 5.74) is 2.15. The zero-order valence-corrected chi connectivity index (χ0v) is 20.2. The molecule has 2 aromatic rings. The summed E-state index contributed by atoms with van der Waals surface area (Å²) in [6, 6.07) is 9.22. The number of rotatable bonds is 7. The molecular formula is C24H25N3O4S2. The lowest BCUT2D eigenvalue weighted by atomic mass is 9.89. The minimum atomic E-state index is -1.15. The van der Waals surface area contributed by atoms with Gasteiger partial charge in [-0.2, -0.15) is 5.26 Å². The topological polar surface area (TPSA) is 119 Å². The van der Waals surface area contributed by atoms with Gasteiger partial charge < -0.3 is 15.7 Å². The van der Waals surface area contributed by atoms with Gasteiger partial charge in [-0.25, -0.2) is 4.79 Å². The first-order valence-corrected chi connectivity index (χ1v) is 12.2. The van der Waals surface area contributed by atoms with Crippen LogP contribution < -0.4 is 10.6 Å². The van der Waals surface area contributed by atoms with E-state index in [4.69, 9.17) is 5.11 Å². The molecule has 1 aliphatic rings. The zero-order chi connectivity index (χ0) is 24.1. The van der Waals surface area contributed by atoms with Crippen LogP contribution in [0.3, 0.4) is 0 Å². The summed E-state index contributed by atoms with van der Waals surface area (Å²) in [6.07, 6.45) is 3.91. The third-order valence-electron chi connectivity index (χ3n) is 5.35. The monoisotopic (exact) mass is 483 g/mol. The van der Waals surface area contributed by atoms with Crippen LogP contribution in [0.15, 0.2) is 40.8 Å². The minimum absolute atomic E-state index is 0.0554. The molecule has 1 aliphatic carbocycles. The van der Waals surface area contributed by atoms with Crippen LogP contribution in [0.4, 0.5) is 10.7 Å². The van der Waals surface area contributed by atoms with Gasteiger partial charge in [-0.3, -0.25) is 9.59 Å². The van der Waals surface area contributed by atoms with E-state index in [1.54, 1.807) is 31.2 Å². The highest BCUT2D eigenvalue weighted by atomic mass is 32.2. The number of aliphatic carboxylic acids is 1. The van der Waals surface area contributed by atoms with E-state index in [-0.39, 0.29) is 11.5 Å². The van der Waals surface area contributed by atoms with E-state index < -0.39 is 17.1 Å². The number of nitriles is 1. The first-order valence-electron chi connectivity index (χ1n) is 10.5. The van der Waals surface area contributed by atoms with E-state index in [2.05, 4.69) is 23.6 Å². The van der Waals surface area contributed by atoms with Crippen molar-refractivity contribution in [1.82, 2.24) is 0 Å². The van der Waals surface area contributed by atoms with Gasteiger partial charge >= 0.3 is 5.97 Å². The molecule has 0 spiro atoms. The molecule has 9 heteroatoms. The molecule has 3 N–H and O–H groups in total. The van der Waals surface area contributed by atoms with E-state index in [1.165, 1.54) is 34.9 Å². The number of hydrogen-bond acceptors (Lipinski definition) is 6. The summed E-state index contributed by atoms with van der Waals surface area (Å²) in [5, 5.41) is 24.2. The van der Waals surface area contributed by atoms with E-state index >= 15 is 0 Å². The maximum Gasteiger partial charge on any atom is 0.331 e. The quantitative estimate of drug-likeness (QED) is 0.383. The van der Waals surface area contributed by atoms with Gasteiger partial charge in [0.25, 0.3) is 0 Å². The van der Waals surface area contributed by atoms with Crippen molar-refractivity contribution in [2.75, 3.05) is 10.6 Å². The fourth-order valence-electron chi connectivity index (χ4n) is 3.48. The van der Waals surface area contributed by atoms with E-state index in [9.17, 15) is 19.6 Å². The van der Waals surface area contributed by atoms with Crippen molar-refractivity contribution in [3.05, 3.63) is 51.9 Å². The molecular weight excluding hydrogens is 458 g/mol. The normalized spacial score (nSPS) is 16.3. The molecule has 2 amide bonds. The standard InChI is InChI=1S/C24H25N3O4S2/c1-13-4-9-18-19(12-25)23(33-20(18)10-13)27-22(29)15(3)32-17-7-5-16(6-8-17)26-21(28)11-14(2)24(30)31/h5-8,11,13,15H,4,9-10H2,1-3H3,(H,26,28)(H,27,29)(H,30,31)/b14-11+/t13-,15+/m1/s1. The number of carboxylic acid groups (broad SMARTS) is 1. The Morgan fingerprint density at radius 2 is 1.97 bits per heavy atom. The molecule has 1 aromatic carbocycles. The average Bonchev–Trinajstić information content (AvgIpc) is 3.10. The molecule has 1 heterocycles. The van der Waals surface area contributed by atoms with E-state index in [1.807, 2.05) is 0 Å². The maximum absolute atomic E-state index is 12.8. The van der Waals surface area contributed by atoms with Crippen molar-refractivity contribution in [2.45, 2.75) is 50.2 Å². The second kappa shape index (κ2) is 10.7. The van der Waals surface area contributed by atoms with Crippen LogP contribution in [0.1, 0.15) is 43.2 Å². The second-order valence-corrected chi connectivity index (χ2v) is 10.6. The number of nitrogens with one attached hydrogen (secondary N) is 2. The first kappa shape index (κ1) is 24.6. The van der Waals surface area contributed by atoms with Crippen LogP contribution >= 0.6 is 23.1 Å². The van der Waals surface area contributed by atoms with Crippen molar-refractivity contribution in [3.63, 3.8) is 0 Å². The number of anilines is 2. The van der Waals surface area contributed by atoms with Gasteiger partial charge in [-0.15, -0.1) is 23.1 Å². The number of thioether (sulfide) groups is 1. The summed E-state index contributed by atoms with van der Waals surface area (Å²) in [7, 11) is 0. The lowest BCUT2D eigenvalue weighted by Gasteiger charge is -2.17. The number of fused-ring (bicyclic) bond motifs is 1. The number of carboxylic acids is 1. The lowest BCUT2D eigenvalue weighted by Crippen LogP contribution is -2.22. The summed E-state index contributed by atoms with van der Waals surface area (Å²) < 4.78 is 0. The second-order valence-electron chi connectivity index (χ2n) is 8.06. The predicted octanol–water partition coefficient (Wildman–Crippen LogP) is 4.83. The number of thiophene rings is 1. The number of hydrogen-bond donors (Lipinski definition) is 3. The number of benzene rings is 1. The zero-order valence-electron chi connectivity index (χ0n) is 18.6. The van der Waals surface area contributed by atoms with Crippen LogP contribution in [0.25, 0.3) is 0 Å². The molecule has 1 aromatic heterocycles. The van der Waals surface area contributed by atoms with E-state index in [0.29, 0.717) is 22.2 Å². The van der Waals surface area contributed by atoms with Crippen molar-refractivity contribution < 1.29 is 19.5 Å². The van der Waals surface area contributed by atoms with Gasteiger partial charge in [0.2, 0.25) is 11.8 Å². The highest BCUT2D eigenvalue weighted by molar-refractivity contribution is 8.00. The lowest BCUT2D eigenvalue weighted by molar-refractivity contribution is -0.132. The molecule has 0 saturated heterocycles. The fraction of sp³-hybridized carbons (Fsp3) is 0.333. The van der Waals surface area contributed by atoms with Gasteiger partial charge in [0.15, 0.2) is 0 Å². The van der Waals surface area contributed by atoms with Crippen LogP contribution in [-0.2, 0) is 27.2 Å². The molecule has 2 atom stereocenters. The minimum Gasteiger partial charge on any atom is -0.478 e. The summed E-state index contributed by atoms with van der Waals surface area (Å²) in [4.78, 5) is 37.5. The molecule has 172 valence electrons. The Labute approximate surface area is 200 Å². The Hall–Kier alpha value is -3.09. The summed E-state index contributed by atoms with van der Waals surface area (Å²) in [5.74, 6) is -1.26. The molecule has 0 unspecified atom stereocenters. The number of amides is 2. The van der Waals surface area contributed by atoms with Crippen molar-refractivity contribution in [3.8, 4) is 6.07 Å². The van der Waals surface area contributed by atoms with Gasteiger partial charge in [0.05, 0.1) is 10.8 Å². The number of carbonyl (C=O) groups is 3. The number of carbonyl (C=O) groups excluding carboxylic acids is 2. The van der Waals surface area contributed by atoms with Crippen molar-refractivity contribution >= 4 is 51.6 Å². The largest absolute Gasteiger partial charge is 0.478 e. The molecule has 3 rings (SSSR count). The first-order chi connectivity index (χ1) is 15.7. The van der Waals surface area contributed by atoms with Gasteiger partial charge in [-0.1, -0.05) is 6.92 Å². The highest BCUT2D eigenvalue weighted by Gasteiger charge is 2.25. The molecule has 0 bridgehead atoms. The predicted molar refractivity (Wildman–Crippen MR) is 131 cm³/mol. The van der Waals surface area contributed by atoms with Gasteiger partial charge in [0, 0.05) is 27.1 Å². The van der Waals surface area contributed by atoms with E-state index in [0.717, 1.165) is 35.8 Å². The van der Waals surface area contributed by atoms with Crippen LogP contribution in [0.2, 0.25) is 0 Å². The van der Waals surface area contributed by atoms with Crippen LogP contribution in [0, 0.1) is 17.2 Å². The third-order valence-corrected chi connectivity index (χ3v) is 7.63. The molecule has 0 radical (unpaired) electrons. The maximum atomic E-state index is 12.8. The molecule has 0 aliphatic heterocycles. The molecule has 0 fully saturated rings. The Morgan fingerprint density at radius 3 is 2.61 bits per heavy atom. The van der Waals surface area contributed by atoms with Crippen LogP contribution in [-0.4, -0.2) is 28.1 Å². The SMILES string of the molecule is C/C(=C\C(=O)Nc1ccc(S[C@@H](C)C(=O)Nc2sc3c(c2C#N)CC[C@@H](C)C3)cc1)C(=O)O. The Morgan fingerprint density at radius 1 is 1.27 bits per heavy atom. The Bertz CT molecular complexity index is 1150. The van der Waals surface area contributed by atoms with Gasteiger partial charge in [0.1, 0.15) is 11.1 Å². The third kappa shape index (κ3) is 6.24. The van der Waals surface area contributed by atoms with Crippen molar-refractivity contribution in [1.29, 1.82) is 5.26 Å². The molecule has 0 saturated carbocycles. The molecule has 7 nitrogen and oxygen atoms in total. The molecule has 33 heavy (non-hydrogen) atoms. The highest BCUT2D eigenvalue weighted by Crippen LogP contribution is 2.39. The smallest absolute Gasteiger partial charge is 0.331 e. The Balaban J connectivity index is 1.60. The van der Waals surface area contributed by atoms with Crippen molar-refractivity contribution in [2.24, 2.45) is 5.92 Å². The van der Waals surface area contributed by atoms with Gasteiger partial charge in [-0.05, 0) is 68.9 Å². The number of nitrogens with zero attached hydrogens (tertiary/aromatic N) is 1. The summed E-state index contributed by atoms with van der Waals surface area (Å²) in [6.45, 7) is 5.35. The average molecular weight is 484 g/mol. The fourth-order valence-corrected chi connectivity index (χ4v) is 5.71.